The predicted molar refractivity (Wildman–Crippen MR) is 107 cm³/mol. The molecule has 0 rings (SSSR count). The molecular weight excluding hydrogens is 328 g/mol. The zero-order valence-electron chi connectivity index (χ0n) is 17.6. The zero-order valence-corrected chi connectivity index (χ0v) is 17.6. The molecule has 0 saturated carbocycles. The molecule has 0 atom stereocenters. The fraction of sp³-hybridized carbons (Fsp3) is 0.909. The largest absolute Gasteiger partial charge is 0.481 e. The van der Waals surface area contributed by atoms with E-state index in [0.29, 0.717) is 25.7 Å². The maximum absolute atomic E-state index is 12.0. The van der Waals surface area contributed by atoms with Crippen molar-refractivity contribution in [2.24, 2.45) is 10.8 Å². The van der Waals surface area contributed by atoms with Gasteiger partial charge in [0.05, 0.1) is 10.8 Å². The number of unbranched alkanes of at least 4 members (excludes halogenated alkanes) is 3. The molecule has 154 valence electrons. The van der Waals surface area contributed by atoms with Crippen LogP contribution in [0, 0.1) is 10.8 Å². The summed E-state index contributed by atoms with van der Waals surface area (Å²) in [5, 5.41) is 19.7. The van der Waals surface area contributed by atoms with Gasteiger partial charge >= 0.3 is 11.9 Å². The van der Waals surface area contributed by atoms with Gasteiger partial charge < -0.3 is 10.2 Å². The second kappa shape index (κ2) is 13.2. The quantitative estimate of drug-likeness (QED) is 0.280. The number of carboxylic acid groups (broad SMARTS) is 2. The zero-order chi connectivity index (χ0) is 20.1. The molecule has 0 amide bonds. The van der Waals surface area contributed by atoms with Crippen molar-refractivity contribution in [3.8, 4) is 0 Å². The van der Waals surface area contributed by atoms with Crippen LogP contribution in [0.1, 0.15) is 118 Å². The molecule has 0 saturated heterocycles. The van der Waals surface area contributed by atoms with Gasteiger partial charge in [0.1, 0.15) is 0 Å². The highest BCUT2D eigenvalue weighted by Gasteiger charge is 2.38. The summed E-state index contributed by atoms with van der Waals surface area (Å²) in [6, 6.07) is 0. The Morgan fingerprint density at radius 3 is 1.12 bits per heavy atom. The van der Waals surface area contributed by atoms with Crippen molar-refractivity contribution in [1.82, 2.24) is 0 Å². The summed E-state index contributed by atoms with van der Waals surface area (Å²) in [6.07, 6.45) is 11.5. The Hall–Kier alpha value is -1.06. The number of carbonyl (C=O) groups is 2. The molecule has 0 aliphatic carbocycles. The van der Waals surface area contributed by atoms with Gasteiger partial charge in [-0.1, -0.05) is 79.1 Å². The Morgan fingerprint density at radius 2 is 0.846 bits per heavy atom. The summed E-state index contributed by atoms with van der Waals surface area (Å²) in [5.41, 5.74) is -1.24. The lowest BCUT2D eigenvalue weighted by Gasteiger charge is -2.32. The molecule has 0 radical (unpaired) electrons. The van der Waals surface area contributed by atoms with Crippen LogP contribution < -0.4 is 0 Å². The third kappa shape index (κ3) is 7.67. The average Bonchev–Trinajstić information content (AvgIpc) is 2.60. The monoisotopic (exact) mass is 370 g/mol. The molecule has 4 heteroatoms. The first-order valence-corrected chi connectivity index (χ1v) is 10.8. The van der Waals surface area contributed by atoms with Crippen molar-refractivity contribution in [3.63, 3.8) is 0 Å². The van der Waals surface area contributed by atoms with Crippen LogP contribution in [-0.4, -0.2) is 22.2 Å². The van der Waals surface area contributed by atoms with E-state index in [0.717, 1.165) is 64.2 Å². The SMILES string of the molecule is CCCCC(CCCC)(CCCCC(CCC)(CCC)C(=O)O)C(=O)O. The highest BCUT2D eigenvalue weighted by molar-refractivity contribution is 5.75. The highest BCUT2D eigenvalue weighted by atomic mass is 16.4. The molecule has 4 nitrogen and oxygen atoms in total. The second-order valence-electron chi connectivity index (χ2n) is 8.09. The molecule has 0 heterocycles. The van der Waals surface area contributed by atoms with Crippen molar-refractivity contribution >= 4 is 11.9 Å². The lowest BCUT2D eigenvalue weighted by Crippen LogP contribution is -2.32. The van der Waals surface area contributed by atoms with Crippen LogP contribution in [0.3, 0.4) is 0 Å². The van der Waals surface area contributed by atoms with Crippen LogP contribution >= 0.6 is 0 Å². The molecule has 0 aliphatic rings. The van der Waals surface area contributed by atoms with E-state index in [2.05, 4.69) is 13.8 Å². The molecule has 0 fully saturated rings. The van der Waals surface area contributed by atoms with Gasteiger partial charge in [-0.2, -0.15) is 0 Å². The van der Waals surface area contributed by atoms with E-state index < -0.39 is 22.8 Å². The summed E-state index contributed by atoms with van der Waals surface area (Å²) in [7, 11) is 0. The van der Waals surface area contributed by atoms with Crippen LogP contribution in [0.15, 0.2) is 0 Å². The normalized spacial score (nSPS) is 12.3. The van der Waals surface area contributed by atoms with E-state index in [1.807, 2.05) is 13.8 Å². The molecule has 0 bridgehead atoms. The topological polar surface area (TPSA) is 74.6 Å². The van der Waals surface area contributed by atoms with Crippen LogP contribution in [0.4, 0.5) is 0 Å². The van der Waals surface area contributed by atoms with Gasteiger partial charge in [0.15, 0.2) is 0 Å². The Balaban J connectivity index is 4.94. The van der Waals surface area contributed by atoms with E-state index in [1.54, 1.807) is 0 Å². The summed E-state index contributed by atoms with van der Waals surface area (Å²) < 4.78 is 0. The third-order valence-electron chi connectivity index (χ3n) is 5.94. The standard InChI is InChI=1S/C22H42O4/c1-5-9-15-22(20(25)26,16-10-6-2)18-12-11-17-21(13-7-3,14-8-4)19(23)24/h5-18H2,1-4H3,(H,23,24)(H,25,26). The maximum atomic E-state index is 12.0. The molecule has 0 aliphatic heterocycles. The number of carboxylic acids is 2. The van der Waals surface area contributed by atoms with Crippen LogP contribution in [0.5, 0.6) is 0 Å². The minimum atomic E-state index is -0.678. The minimum Gasteiger partial charge on any atom is -0.481 e. The van der Waals surface area contributed by atoms with Crippen molar-refractivity contribution in [3.05, 3.63) is 0 Å². The molecular formula is C22H42O4. The maximum Gasteiger partial charge on any atom is 0.309 e. The van der Waals surface area contributed by atoms with Crippen LogP contribution in [0.25, 0.3) is 0 Å². The van der Waals surface area contributed by atoms with Crippen LogP contribution in [-0.2, 0) is 9.59 Å². The second-order valence-corrected chi connectivity index (χ2v) is 8.09. The first-order valence-electron chi connectivity index (χ1n) is 10.8. The number of hydrogen-bond donors (Lipinski definition) is 2. The fourth-order valence-corrected chi connectivity index (χ4v) is 4.31. The van der Waals surface area contributed by atoms with Gasteiger partial charge in [0, 0.05) is 0 Å². The van der Waals surface area contributed by atoms with Gasteiger partial charge in [-0.05, 0) is 38.5 Å². The summed E-state index contributed by atoms with van der Waals surface area (Å²) >= 11 is 0. The van der Waals surface area contributed by atoms with E-state index in [-0.39, 0.29) is 0 Å². The predicted octanol–water partition coefficient (Wildman–Crippen LogP) is 6.67. The van der Waals surface area contributed by atoms with Gasteiger partial charge in [-0.3, -0.25) is 9.59 Å². The van der Waals surface area contributed by atoms with Gasteiger partial charge in [0.2, 0.25) is 0 Å². The van der Waals surface area contributed by atoms with E-state index in [4.69, 9.17) is 0 Å². The van der Waals surface area contributed by atoms with Crippen molar-refractivity contribution in [2.75, 3.05) is 0 Å². The first-order chi connectivity index (χ1) is 12.3. The molecule has 2 N–H and O–H groups in total. The summed E-state index contributed by atoms with van der Waals surface area (Å²) in [6.45, 7) is 8.28. The van der Waals surface area contributed by atoms with Crippen LogP contribution in [0.2, 0.25) is 0 Å². The lowest BCUT2D eigenvalue weighted by atomic mass is 9.72. The lowest BCUT2D eigenvalue weighted by molar-refractivity contribution is -0.152. The molecule has 0 unspecified atom stereocenters. The Bertz CT molecular complexity index is 389. The molecule has 0 aromatic rings. The van der Waals surface area contributed by atoms with Gasteiger partial charge in [-0.15, -0.1) is 0 Å². The average molecular weight is 371 g/mol. The van der Waals surface area contributed by atoms with Gasteiger partial charge in [0.25, 0.3) is 0 Å². The first kappa shape index (κ1) is 24.9. The molecule has 0 aromatic carbocycles. The van der Waals surface area contributed by atoms with Crippen molar-refractivity contribution in [2.45, 2.75) is 118 Å². The van der Waals surface area contributed by atoms with Crippen molar-refractivity contribution < 1.29 is 19.8 Å². The van der Waals surface area contributed by atoms with E-state index in [9.17, 15) is 19.8 Å². The Morgan fingerprint density at radius 1 is 0.538 bits per heavy atom. The smallest absolute Gasteiger partial charge is 0.309 e. The van der Waals surface area contributed by atoms with Gasteiger partial charge in [-0.25, -0.2) is 0 Å². The molecule has 0 spiro atoms. The molecule has 0 aromatic heterocycles. The summed E-state index contributed by atoms with van der Waals surface area (Å²) in [5.74, 6) is -1.34. The third-order valence-corrected chi connectivity index (χ3v) is 5.94. The number of rotatable bonds is 17. The minimum absolute atomic E-state index is 0.618. The number of aliphatic carboxylic acids is 2. The Kier molecular flexibility index (Phi) is 12.6. The van der Waals surface area contributed by atoms with E-state index >= 15 is 0 Å². The van der Waals surface area contributed by atoms with Crippen molar-refractivity contribution in [1.29, 1.82) is 0 Å². The van der Waals surface area contributed by atoms with E-state index in [1.165, 1.54) is 0 Å². The highest BCUT2D eigenvalue weighted by Crippen LogP contribution is 2.40. The molecule has 26 heavy (non-hydrogen) atoms. The Labute approximate surface area is 160 Å². The fourth-order valence-electron chi connectivity index (χ4n) is 4.31. The summed E-state index contributed by atoms with van der Waals surface area (Å²) in [4.78, 5) is 23.9. The number of hydrogen-bond acceptors (Lipinski definition) is 2.